The second kappa shape index (κ2) is 8.37. The summed E-state index contributed by atoms with van der Waals surface area (Å²) in [6.45, 7) is 0.446. The number of carboxylic acids is 1. The summed E-state index contributed by atoms with van der Waals surface area (Å²) >= 11 is 0. The van der Waals surface area contributed by atoms with Gasteiger partial charge in [0.05, 0.1) is 33.7 Å². The molecule has 0 radical (unpaired) electrons. The van der Waals surface area contributed by atoms with E-state index in [1.807, 2.05) is 51.5 Å². The second-order valence-corrected chi connectivity index (χ2v) is 7.00. The molecule has 0 fully saturated rings. The number of amides is 1. The third-order valence-electron chi connectivity index (χ3n) is 3.45. The van der Waals surface area contributed by atoms with Crippen molar-refractivity contribution in [2.45, 2.75) is 12.5 Å². The van der Waals surface area contributed by atoms with Gasteiger partial charge in [-0.1, -0.05) is 24.1 Å². The minimum Gasteiger partial charge on any atom is -0.550 e. The zero-order valence-corrected chi connectivity index (χ0v) is 15.1. The number of carbonyl (C=O) groups is 2. The van der Waals surface area contributed by atoms with Crippen molar-refractivity contribution in [1.29, 1.82) is 0 Å². The molecule has 1 heterocycles. The van der Waals surface area contributed by atoms with Crippen molar-refractivity contribution in [1.82, 2.24) is 5.32 Å². The summed E-state index contributed by atoms with van der Waals surface area (Å²) in [6.07, 6.45) is -0.261. The van der Waals surface area contributed by atoms with E-state index in [4.69, 9.17) is 4.42 Å². The zero-order chi connectivity index (χ0) is 19.2. The average Bonchev–Trinajstić information content (AvgIpc) is 3.00. The van der Waals surface area contributed by atoms with Crippen molar-refractivity contribution in [2.75, 3.05) is 27.7 Å². The lowest BCUT2D eigenvalue weighted by Crippen LogP contribution is -2.50. The van der Waals surface area contributed by atoms with Crippen LogP contribution in [-0.2, 0) is 4.79 Å². The zero-order valence-electron chi connectivity index (χ0n) is 15.1. The fourth-order valence-corrected chi connectivity index (χ4v) is 2.46. The molecule has 0 bridgehead atoms. The topological polar surface area (TPSA) is 82.4 Å². The average molecular weight is 354 g/mol. The normalized spacial score (nSPS) is 12.0. The van der Waals surface area contributed by atoms with Gasteiger partial charge in [-0.25, -0.2) is 0 Å². The molecule has 0 aliphatic carbocycles. The van der Waals surface area contributed by atoms with Crippen LogP contribution in [0.15, 0.2) is 46.9 Å². The van der Waals surface area contributed by atoms with Crippen molar-refractivity contribution in [2.24, 2.45) is 0 Å². The summed E-state index contributed by atoms with van der Waals surface area (Å²) in [6, 6.07) is 12.0. The molecule has 1 atom stereocenters. The number of furan rings is 1. The van der Waals surface area contributed by atoms with Crippen molar-refractivity contribution >= 4 is 11.9 Å². The van der Waals surface area contributed by atoms with Crippen LogP contribution in [0.1, 0.15) is 28.3 Å². The predicted octanol–water partition coefficient (Wildman–Crippen LogP) is 0.624. The molecule has 2 rings (SSSR count). The quantitative estimate of drug-likeness (QED) is 0.609. The lowest BCUT2D eigenvalue weighted by Gasteiger charge is -2.29. The van der Waals surface area contributed by atoms with E-state index in [1.54, 1.807) is 6.07 Å². The van der Waals surface area contributed by atoms with Gasteiger partial charge in [-0.2, -0.15) is 0 Å². The van der Waals surface area contributed by atoms with E-state index in [-0.39, 0.29) is 12.2 Å². The van der Waals surface area contributed by atoms with Crippen molar-refractivity contribution in [3.8, 4) is 11.8 Å². The Morgan fingerprint density at radius 2 is 1.81 bits per heavy atom. The number of carboxylic acid groups (broad SMARTS) is 1. The predicted molar refractivity (Wildman–Crippen MR) is 94.9 cm³/mol. The maximum atomic E-state index is 12.3. The molecule has 1 aromatic heterocycles. The molecule has 0 spiro atoms. The monoisotopic (exact) mass is 354 g/mol. The highest BCUT2D eigenvalue weighted by Crippen LogP contribution is 2.09. The first-order valence-electron chi connectivity index (χ1n) is 8.21. The van der Waals surface area contributed by atoms with Gasteiger partial charge < -0.3 is 24.1 Å². The fraction of sp³-hybridized carbons (Fsp3) is 0.300. The third kappa shape index (κ3) is 6.46. The highest BCUT2D eigenvalue weighted by atomic mass is 16.4. The van der Waals surface area contributed by atoms with Gasteiger partial charge in [-0.15, -0.1) is 0 Å². The van der Waals surface area contributed by atoms with Crippen LogP contribution in [0, 0.1) is 11.8 Å². The van der Waals surface area contributed by atoms with Gasteiger partial charge in [-0.3, -0.25) is 4.79 Å². The Hall–Kier alpha value is -3.04. The summed E-state index contributed by atoms with van der Waals surface area (Å²) in [5.74, 6) is 4.57. The highest BCUT2D eigenvalue weighted by molar-refractivity contribution is 5.92. The summed E-state index contributed by atoms with van der Waals surface area (Å²) < 4.78 is 5.95. The SMILES string of the molecule is C[N+](C)(C)CC(CC(=O)[O-])NC(=O)c1ccc(C#Cc2ccccc2)o1. The Balaban J connectivity index is 2.06. The largest absolute Gasteiger partial charge is 0.550 e. The minimum atomic E-state index is -1.21. The smallest absolute Gasteiger partial charge is 0.287 e. The molecule has 6 nitrogen and oxygen atoms in total. The minimum absolute atomic E-state index is 0.0899. The van der Waals surface area contributed by atoms with Gasteiger partial charge in [0.15, 0.2) is 11.5 Å². The molecule has 6 heteroatoms. The van der Waals surface area contributed by atoms with Crippen molar-refractivity contribution in [3.05, 3.63) is 59.5 Å². The molecule has 1 unspecified atom stereocenters. The number of hydrogen-bond donors (Lipinski definition) is 1. The van der Waals surface area contributed by atoms with E-state index in [2.05, 4.69) is 17.2 Å². The lowest BCUT2D eigenvalue weighted by molar-refractivity contribution is -0.871. The summed E-state index contributed by atoms with van der Waals surface area (Å²) in [4.78, 5) is 23.3. The van der Waals surface area contributed by atoms with Gasteiger partial charge in [0.2, 0.25) is 0 Å². The number of rotatable bonds is 6. The molecule has 0 aliphatic rings. The van der Waals surface area contributed by atoms with Gasteiger partial charge in [0.25, 0.3) is 5.91 Å². The van der Waals surface area contributed by atoms with E-state index < -0.39 is 17.9 Å². The molecule has 136 valence electrons. The number of nitrogens with one attached hydrogen (secondary N) is 1. The number of quaternary nitrogens is 1. The fourth-order valence-electron chi connectivity index (χ4n) is 2.46. The van der Waals surface area contributed by atoms with Gasteiger partial charge in [-0.05, 0) is 30.2 Å². The molecule has 0 saturated carbocycles. The number of hydrogen-bond acceptors (Lipinski definition) is 4. The van der Waals surface area contributed by atoms with Gasteiger partial charge in [0.1, 0.15) is 0 Å². The Kier molecular flexibility index (Phi) is 6.21. The maximum absolute atomic E-state index is 12.3. The Morgan fingerprint density at radius 3 is 2.42 bits per heavy atom. The Labute approximate surface area is 153 Å². The first-order chi connectivity index (χ1) is 12.2. The Morgan fingerprint density at radius 1 is 1.12 bits per heavy atom. The van der Waals surface area contributed by atoms with Crippen LogP contribution in [0.3, 0.4) is 0 Å². The Bertz CT molecular complexity index is 823. The van der Waals surface area contributed by atoms with Crippen molar-refractivity contribution < 1.29 is 23.6 Å². The first kappa shape index (κ1) is 19.3. The molecular formula is C20H22N2O4. The molecular weight excluding hydrogens is 332 g/mol. The standard InChI is InChI=1S/C20H22N2O4/c1-22(2,3)14-16(13-19(23)24)21-20(25)18-12-11-17(26-18)10-9-15-7-5-4-6-8-15/h4-8,11-12,16H,13-14H2,1-3H3,(H-,21,23,24,25). The van der Waals surface area contributed by atoms with Gasteiger partial charge >= 0.3 is 0 Å². The number of likely N-dealkylation sites (N-methyl/N-ethyl adjacent to an activating group) is 1. The molecule has 1 aromatic carbocycles. The van der Waals surface area contributed by atoms with Crippen LogP contribution >= 0.6 is 0 Å². The van der Waals surface area contributed by atoms with Crippen LogP contribution in [0.2, 0.25) is 0 Å². The van der Waals surface area contributed by atoms with Gasteiger partial charge in [0, 0.05) is 18.0 Å². The van der Waals surface area contributed by atoms with Crippen LogP contribution in [0.25, 0.3) is 0 Å². The summed E-state index contributed by atoms with van der Waals surface area (Å²) in [5, 5.41) is 13.6. The second-order valence-electron chi connectivity index (χ2n) is 7.00. The van der Waals surface area contributed by atoms with E-state index >= 15 is 0 Å². The summed E-state index contributed by atoms with van der Waals surface area (Å²) in [7, 11) is 5.75. The molecule has 0 saturated heterocycles. The van der Waals surface area contributed by atoms with Crippen LogP contribution in [0.5, 0.6) is 0 Å². The van der Waals surface area contributed by atoms with E-state index in [0.29, 0.717) is 16.8 Å². The number of nitrogens with zero attached hydrogens (tertiary/aromatic N) is 1. The van der Waals surface area contributed by atoms with E-state index in [0.717, 1.165) is 5.56 Å². The van der Waals surface area contributed by atoms with Crippen LogP contribution in [-0.4, -0.2) is 50.1 Å². The molecule has 2 aromatic rings. The van der Waals surface area contributed by atoms with Crippen LogP contribution < -0.4 is 10.4 Å². The molecule has 1 amide bonds. The number of aliphatic carboxylic acids is 1. The van der Waals surface area contributed by atoms with Crippen LogP contribution in [0.4, 0.5) is 0 Å². The lowest BCUT2D eigenvalue weighted by atomic mass is 10.2. The van der Waals surface area contributed by atoms with E-state index in [9.17, 15) is 14.7 Å². The highest BCUT2D eigenvalue weighted by Gasteiger charge is 2.22. The molecule has 1 N–H and O–H groups in total. The third-order valence-corrected chi connectivity index (χ3v) is 3.45. The summed E-state index contributed by atoms with van der Waals surface area (Å²) in [5.41, 5.74) is 0.840. The van der Waals surface area contributed by atoms with Crippen molar-refractivity contribution in [3.63, 3.8) is 0 Å². The number of carbonyl (C=O) groups excluding carboxylic acids is 2. The molecule has 0 aliphatic heterocycles. The molecule has 26 heavy (non-hydrogen) atoms. The first-order valence-corrected chi connectivity index (χ1v) is 8.21. The number of benzene rings is 1. The van der Waals surface area contributed by atoms with E-state index in [1.165, 1.54) is 6.07 Å². The maximum Gasteiger partial charge on any atom is 0.287 e.